The second-order valence-electron chi connectivity index (χ2n) is 5.34. The summed E-state index contributed by atoms with van der Waals surface area (Å²) in [5.74, 6) is 2.41. The fourth-order valence-electron chi connectivity index (χ4n) is 2.16. The zero-order chi connectivity index (χ0) is 20.0. The van der Waals surface area contributed by atoms with Crippen LogP contribution in [0.3, 0.4) is 0 Å². The van der Waals surface area contributed by atoms with Crippen LogP contribution < -0.4 is 10.1 Å². The molecule has 1 N–H and O–H groups in total. The van der Waals surface area contributed by atoms with E-state index in [1.807, 2.05) is 6.07 Å². The molecule has 0 heterocycles. The average Bonchev–Trinajstić information content (AvgIpc) is 2.62. The summed E-state index contributed by atoms with van der Waals surface area (Å²) in [6.45, 7) is 1.91. The van der Waals surface area contributed by atoms with E-state index in [9.17, 15) is 10.1 Å². The molecule has 0 saturated heterocycles. The van der Waals surface area contributed by atoms with Crippen LogP contribution in [0.25, 0.3) is 6.08 Å². The lowest BCUT2D eigenvalue weighted by molar-refractivity contribution is -0.112. The van der Waals surface area contributed by atoms with E-state index < -0.39 is 5.91 Å². The van der Waals surface area contributed by atoms with Crippen molar-refractivity contribution < 1.29 is 9.53 Å². The van der Waals surface area contributed by atoms with Gasteiger partial charge >= 0.3 is 0 Å². The maximum Gasteiger partial charge on any atom is 0.266 e. The highest BCUT2D eigenvalue weighted by molar-refractivity contribution is 9.11. The van der Waals surface area contributed by atoms with Crippen molar-refractivity contribution in [3.05, 3.63) is 61.0 Å². The summed E-state index contributed by atoms with van der Waals surface area (Å²) in [4.78, 5) is 12.5. The lowest BCUT2D eigenvalue weighted by Gasteiger charge is -2.10. The fraction of sp³-hybridized carbons (Fsp3) is 0.100. The van der Waals surface area contributed by atoms with Gasteiger partial charge in [0.1, 0.15) is 24.0 Å². The van der Waals surface area contributed by atoms with Crippen molar-refractivity contribution in [2.24, 2.45) is 0 Å². The Labute approximate surface area is 179 Å². The van der Waals surface area contributed by atoms with E-state index in [0.717, 1.165) is 5.56 Å². The summed E-state index contributed by atoms with van der Waals surface area (Å²) in [5.41, 5.74) is 1.86. The minimum atomic E-state index is -0.525. The molecule has 0 fully saturated rings. The molecule has 0 saturated carbocycles. The number of benzene rings is 2. The Kier molecular flexibility index (Phi) is 7.50. The summed E-state index contributed by atoms with van der Waals surface area (Å²) in [6.07, 6.45) is 6.68. The average molecular weight is 509 g/mol. The Morgan fingerprint density at radius 1 is 1.37 bits per heavy atom. The third-order valence-electron chi connectivity index (χ3n) is 3.51. The van der Waals surface area contributed by atoms with Crippen LogP contribution in [0.15, 0.2) is 44.9 Å². The molecule has 0 aliphatic heterocycles. The van der Waals surface area contributed by atoms with Crippen LogP contribution in [0, 0.1) is 30.6 Å². The number of hydrogen-bond donors (Lipinski definition) is 1. The zero-order valence-corrected chi connectivity index (χ0v) is 18.1. The molecular formula is C20H13Br2ClN2O2. The monoisotopic (exact) mass is 506 g/mol. The predicted molar refractivity (Wildman–Crippen MR) is 115 cm³/mol. The van der Waals surface area contributed by atoms with Crippen LogP contribution in [0.4, 0.5) is 5.69 Å². The van der Waals surface area contributed by atoms with Crippen molar-refractivity contribution in [1.82, 2.24) is 0 Å². The van der Waals surface area contributed by atoms with Gasteiger partial charge in [-0.2, -0.15) is 5.26 Å². The number of nitrogens with zero attached hydrogens (tertiary/aromatic N) is 1. The van der Waals surface area contributed by atoms with E-state index >= 15 is 0 Å². The van der Waals surface area contributed by atoms with E-state index in [1.165, 1.54) is 6.08 Å². The largest absolute Gasteiger partial charge is 0.479 e. The van der Waals surface area contributed by atoms with Gasteiger partial charge in [0.2, 0.25) is 0 Å². The Bertz CT molecular complexity index is 981. The molecule has 0 aliphatic carbocycles. The van der Waals surface area contributed by atoms with E-state index in [2.05, 4.69) is 43.1 Å². The van der Waals surface area contributed by atoms with Gasteiger partial charge in [-0.3, -0.25) is 4.79 Å². The molecule has 0 radical (unpaired) electrons. The Balaban J connectivity index is 2.30. The number of carbonyl (C=O) groups is 1. The first-order chi connectivity index (χ1) is 12.9. The first-order valence-corrected chi connectivity index (χ1v) is 9.57. The number of halogens is 3. The SMILES string of the molecule is C#CCOc1c(Br)cc(/C=C(/C#N)C(=O)Nc2cccc(Cl)c2C)cc1Br. The van der Waals surface area contributed by atoms with E-state index in [-0.39, 0.29) is 12.2 Å². The van der Waals surface area contributed by atoms with Crippen molar-refractivity contribution in [3.8, 4) is 24.2 Å². The van der Waals surface area contributed by atoms with Gasteiger partial charge in [-0.1, -0.05) is 23.6 Å². The normalized spacial score (nSPS) is 10.7. The zero-order valence-electron chi connectivity index (χ0n) is 14.1. The standard InChI is InChI=1S/C20H13Br2ClN2O2/c1-3-7-27-19-15(21)9-13(10-16(19)22)8-14(11-24)20(26)25-18-6-4-5-17(23)12(18)2/h1,4-6,8-10H,7H2,2H3,(H,25,26)/b14-8-. The van der Waals surface area contributed by atoms with Gasteiger partial charge in [0.05, 0.1) is 8.95 Å². The highest BCUT2D eigenvalue weighted by Gasteiger charge is 2.14. The molecule has 0 aliphatic rings. The number of amides is 1. The minimum Gasteiger partial charge on any atom is -0.479 e. The van der Waals surface area contributed by atoms with Crippen LogP contribution in [-0.2, 0) is 4.79 Å². The summed E-state index contributed by atoms with van der Waals surface area (Å²) in [5, 5.41) is 12.6. The van der Waals surface area contributed by atoms with Gasteiger partial charge in [0.25, 0.3) is 5.91 Å². The van der Waals surface area contributed by atoms with Gasteiger partial charge < -0.3 is 10.1 Å². The van der Waals surface area contributed by atoms with Crippen molar-refractivity contribution in [3.63, 3.8) is 0 Å². The second kappa shape index (κ2) is 9.62. The minimum absolute atomic E-state index is 0.0505. The number of nitriles is 1. The van der Waals surface area contributed by atoms with Gasteiger partial charge in [-0.15, -0.1) is 6.42 Å². The molecule has 136 valence electrons. The highest BCUT2D eigenvalue weighted by Crippen LogP contribution is 2.35. The van der Waals surface area contributed by atoms with Gasteiger partial charge in [-0.05, 0) is 80.3 Å². The molecular weight excluding hydrogens is 495 g/mol. The highest BCUT2D eigenvalue weighted by atomic mass is 79.9. The van der Waals surface area contributed by atoms with Crippen LogP contribution in [-0.4, -0.2) is 12.5 Å². The number of anilines is 1. The molecule has 0 spiro atoms. The van der Waals surface area contributed by atoms with Gasteiger partial charge in [-0.25, -0.2) is 0 Å². The first kappa shape index (κ1) is 21.1. The summed E-state index contributed by atoms with van der Waals surface area (Å²) in [7, 11) is 0. The number of rotatable bonds is 5. The van der Waals surface area contributed by atoms with E-state index in [1.54, 1.807) is 37.3 Å². The summed E-state index contributed by atoms with van der Waals surface area (Å²) in [6, 6.07) is 10.6. The number of hydrogen-bond acceptors (Lipinski definition) is 3. The smallest absolute Gasteiger partial charge is 0.266 e. The number of terminal acetylenes is 1. The van der Waals surface area contributed by atoms with E-state index in [0.29, 0.717) is 31.0 Å². The Morgan fingerprint density at radius 3 is 2.63 bits per heavy atom. The molecule has 2 aromatic carbocycles. The quantitative estimate of drug-likeness (QED) is 0.319. The van der Waals surface area contributed by atoms with Gasteiger partial charge in [0.15, 0.2) is 0 Å². The van der Waals surface area contributed by atoms with Crippen molar-refractivity contribution in [2.75, 3.05) is 11.9 Å². The van der Waals surface area contributed by atoms with E-state index in [4.69, 9.17) is 22.8 Å². The molecule has 2 rings (SSSR count). The molecule has 7 heteroatoms. The Morgan fingerprint density at radius 2 is 2.04 bits per heavy atom. The fourth-order valence-corrected chi connectivity index (χ4v) is 3.79. The first-order valence-electron chi connectivity index (χ1n) is 7.61. The third kappa shape index (κ3) is 5.37. The van der Waals surface area contributed by atoms with Crippen molar-refractivity contribution >= 4 is 61.1 Å². The van der Waals surface area contributed by atoms with Gasteiger partial charge in [0, 0.05) is 10.7 Å². The van der Waals surface area contributed by atoms with Crippen molar-refractivity contribution in [1.29, 1.82) is 5.26 Å². The van der Waals surface area contributed by atoms with Crippen molar-refractivity contribution in [2.45, 2.75) is 6.92 Å². The third-order valence-corrected chi connectivity index (χ3v) is 5.10. The number of nitrogens with one attached hydrogen (secondary N) is 1. The lowest BCUT2D eigenvalue weighted by atomic mass is 10.1. The number of carbonyl (C=O) groups excluding carboxylic acids is 1. The molecule has 2 aromatic rings. The molecule has 0 atom stereocenters. The Hall–Kier alpha value is -2.25. The lowest BCUT2D eigenvalue weighted by Crippen LogP contribution is -2.14. The summed E-state index contributed by atoms with van der Waals surface area (Å²) >= 11 is 12.9. The van der Waals surface area contributed by atoms with Crippen LogP contribution in [0.5, 0.6) is 5.75 Å². The summed E-state index contributed by atoms with van der Waals surface area (Å²) < 4.78 is 6.73. The van der Waals surface area contributed by atoms with Crippen LogP contribution in [0.2, 0.25) is 5.02 Å². The molecule has 0 unspecified atom stereocenters. The van der Waals surface area contributed by atoms with Crippen LogP contribution in [0.1, 0.15) is 11.1 Å². The predicted octanol–water partition coefficient (Wildman–Crippen LogP) is 5.73. The molecule has 0 bridgehead atoms. The maximum absolute atomic E-state index is 12.5. The second-order valence-corrected chi connectivity index (χ2v) is 7.46. The molecule has 27 heavy (non-hydrogen) atoms. The number of ether oxygens (including phenoxy) is 1. The molecule has 1 amide bonds. The molecule has 4 nitrogen and oxygen atoms in total. The van der Waals surface area contributed by atoms with Crippen LogP contribution >= 0.6 is 43.5 Å². The molecule has 0 aromatic heterocycles. The maximum atomic E-state index is 12.5. The topological polar surface area (TPSA) is 62.1 Å².